The van der Waals surface area contributed by atoms with Crippen LogP contribution in [0.3, 0.4) is 0 Å². The SMILES string of the molecule is CN(C)C(=O)CNCc1cccc2cccnc12. The molecule has 18 heavy (non-hydrogen) atoms. The van der Waals surface area contributed by atoms with E-state index in [1.165, 1.54) is 0 Å². The molecule has 1 amide bonds. The summed E-state index contributed by atoms with van der Waals surface area (Å²) in [5.41, 5.74) is 2.10. The molecule has 0 bridgehead atoms. The van der Waals surface area contributed by atoms with Crippen LogP contribution in [0.2, 0.25) is 0 Å². The third kappa shape index (κ3) is 2.84. The van der Waals surface area contributed by atoms with E-state index < -0.39 is 0 Å². The van der Waals surface area contributed by atoms with Crippen molar-refractivity contribution in [3.05, 3.63) is 42.1 Å². The minimum absolute atomic E-state index is 0.0724. The lowest BCUT2D eigenvalue weighted by molar-refractivity contribution is -0.127. The number of benzene rings is 1. The number of rotatable bonds is 4. The van der Waals surface area contributed by atoms with Crippen molar-refractivity contribution in [2.45, 2.75) is 6.54 Å². The van der Waals surface area contributed by atoms with Gasteiger partial charge in [-0.25, -0.2) is 0 Å². The van der Waals surface area contributed by atoms with Gasteiger partial charge in [0.25, 0.3) is 0 Å². The zero-order valence-corrected chi connectivity index (χ0v) is 10.7. The van der Waals surface area contributed by atoms with Crippen molar-refractivity contribution in [3.8, 4) is 0 Å². The normalized spacial score (nSPS) is 10.6. The standard InChI is InChI=1S/C14H17N3O/c1-17(2)13(18)10-15-9-12-6-3-5-11-7-4-8-16-14(11)12/h3-8,15H,9-10H2,1-2H3. The Morgan fingerprint density at radius 2 is 2.06 bits per heavy atom. The number of pyridine rings is 1. The first kappa shape index (κ1) is 12.5. The molecule has 0 aliphatic heterocycles. The third-order valence-electron chi connectivity index (χ3n) is 2.81. The van der Waals surface area contributed by atoms with E-state index in [9.17, 15) is 4.79 Å². The fraction of sp³-hybridized carbons (Fsp3) is 0.286. The van der Waals surface area contributed by atoms with Crippen LogP contribution in [0.4, 0.5) is 0 Å². The van der Waals surface area contributed by atoms with Crippen LogP contribution >= 0.6 is 0 Å². The number of para-hydroxylation sites is 1. The number of hydrogen-bond acceptors (Lipinski definition) is 3. The van der Waals surface area contributed by atoms with E-state index in [4.69, 9.17) is 0 Å². The molecular formula is C14H17N3O. The van der Waals surface area contributed by atoms with Crippen LogP contribution in [0.15, 0.2) is 36.5 Å². The Kier molecular flexibility index (Phi) is 3.89. The van der Waals surface area contributed by atoms with E-state index in [-0.39, 0.29) is 5.91 Å². The highest BCUT2D eigenvalue weighted by atomic mass is 16.2. The highest BCUT2D eigenvalue weighted by Crippen LogP contribution is 2.15. The number of likely N-dealkylation sites (N-methyl/N-ethyl adjacent to an activating group) is 1. The largest absolute Gasteiger partial charge is 0.348 e. The quantitative estimate of drug-likeness (QED) is 0.883. The van der Waals surface area contributed by atoms with Crippen molar-refractivity contribution in [2.24, 2.45) is 0 Å². The minimum atomic E-state index is 0.0724. The van der Waals surface area contributed by atoms with Gasteiger partial charge in [0, 0.05) is 32.2 Å². The molecule has 0 unspecified atom stereocenters. The first-order chi connectivity index (χ1) is 8.68. The number of amides is 1. The molecule has 0 saturated heterocycles. The molecule has 1 aromatic carbocycles. The van der Waals surface area contributed by atoms with E-state index in [1.54, 1.807) is 25.2 Å². The molecular weight excluding hydrogens is 226 g/mol. The van der Waals surface area contributed by atoms with Crippen molar-refractivity contribution in [1.29, 1.82) is 0 Å². The summed E-state index contributed by atoms with van der Waals surface area (Å²) < 4.78 is 0. The van der Waals surface area contributed by atoms with Crippen LogP contribution in [0.5, 0.6) is 0 Å². The Bertz CT molecular complexity index is 546. The topological polar surface area (TPSA) is 45.2 Å². The average Bonchev–Trinajstić information content (AvgIpc) is 2.38. The summed E-state index contributed by atoms with van der Waals surface area (Å²) in [7, 11) is 3.51. The van der Waals surface area contributed by atoms with Gasteiger partial charge in [0.2, 0.25) is 5.91 Å². The first-order valence-corrected chi connectivity index (χ1v) is 5.92. The van der Waals surface area contributed by atoms with Crippen LogP contribution in [-0.4, -0.2) is 36.4 Å². The number of carbonyl (C=O) groups excluding carboxylic acids is 1. The summed E-state index contributed by atoms with van der Waals surface area (Å²) in [6.45, 7) is 0.990. The van der Waals surface area contributed by atoms with Gasteiger partial charge in [-0.1, -0.05) is 24.3 Å². The summed E-state index contributed by atoms with van der Waals surface area (Å²) in [5.74, 6) is 0.0724. The smallest absolute Gasteiger partial charge is 0.236 e. The van der Waals surface area contributed by atoms with E-state index in [2.05, 4.69) is 10.3 Å². The van der Waals surface area contributed by atoms with E-state index in [1.807, 2.05) is 30.3 Å². The molecule has 0 aliphatic rings. The molecule has 4 heteroatoms. The zero-order chi connectivity index (χ0) is 13.0. The fourth-order valence-electron chi connectivity index (χ4n) is 1.77. The summed E-state index contributed by atoms with van der Waals surface area (Å²) >= 11 is 0. The van der Waals surface area contributed by atoms with Crippen molar-refractivity contribution >= 4 is 16.8 Å². The van der Waals surface area contributed by atoms with Crippen molar-refractivity contribution in [2.75, 3.05) is 20.6 Å². The number of nitrogens with zero attached hydrogens (tertiary/aromatic N) is 2. The van der Waals surface area contributed by atoms with Crippen LogP contribution < -0.4 is 5.32 Å². The van der Waals surface area contributed by atoms with Gasteiger partial charge < -0.3 is 10.2 Å². The Balaban J connectivity index is 2.06. The summed E-state index contributed by atoms with van der Waals surface area (Å²) in [5, 5.41) is 4.26. The lowest BCUT2D eigenvalue weighted by Gasteiger charge is -2.11. The lowest BCUT2D eigenvalue weighted by Crippen LogP contribution is -2.32. The monoisotopic (exact) mass is 243 g/mol. The Hall–Kier alpha value is -1.94. The number of hydrogen-bond donors (Lipinski definition) is 1. The first-order valence-electron chi connectivity index (χ1n) is 5.92. The predicted molar refractivity (Wildman–Crippen MR) is 72.1 cm³/mol. The summed E-state index contributed by atoms with van der Waals surface area (Å²) in [6.07, 6.45) is 1.79. The van der Waals surface area contributed by atoms with E-state index >= 15 is 0 Å². The van der Waals surface area contributed by atoms with Crippen LogP contribution in [0, 0.1) is 0 Å². The Morgan fingerprint density at radius 1 is 1.28 bits per heavy atom. The second kappa shape index (κ2) is 5.60. The molecule has 1 aromatic heterocycles. The molecule has 1 N–H and O–H groups in total. The Labute approximate surface area is 107 Å². The second-order valence-corrected chi connectivity index (χ2v) is 4.38. The van der Waals surface area contributed by atoms with Gasteiger partial charge >= 0.3 is 0 Å². The van der Waals surface area contributed by atoms with Crippen molar-refractivity contribution in [3.63, 3.8) is 0 Å². The number of nitrogens with one attached hydrogen (secondary N) is 1. The summed E-state index contributed by atoms with van der Waals surface area (Å²) in [4.78, 5) is 17.4. The molecule has 0 aliphatic carbocycles. The van der Waals surface area contributed by atoms with Gasteiger partial charge in [-0.15, -0.1) is 0 Å². The van der Waals surface area contributed by atoms with Crippen LogP contribution in [0.1, 0.15) is 5.56 Å². The lowest BCUT2D eigenvalue weighted by atomic mass is 10.1. The van der Waals surface area contributed by atoms with Gasteiger partial charge in [0.05, 0.1) is 12.1 Å². The molecule has 1 heterocycles. The number of aromatic nitrogens is 1. The highest BCUT2D eigenvalue weighted by Gasteiger charge is 2.04. The third-order valence-corrected chi connectivity index (χ3v) is 2.81. The van der Waals surface area contributed by atoms with Gasteiger partial charge in [0.15, 0.2) is 0 Å². The van der Waals surface area contributed by atoms with Gasteiger partial charge in [-0.2, -0.15) is 0 Å². The Morgan fingerprint density at radius 3 is 2.83 bits per heavy atom. The molecule has 0 radical (unpaired) electrons. The van der Waals surface area contributed by atoms with Crippen LogP contribution in [0.25, 0.3) is 10.9 Å². The summed E-state index contributed by atoms with van der Waals surface area (Å²) in [6, 6.07) is 10.0. The predicted octanol–water partition coefficient (Wildman–Crippen LogP) is 1.41. The van der Waals surface area contributed by atoms with Crippen molar-refractivity contribution in [1.82, 2.24) is 15.2 Å². The second-order valence-electron chi connectivity index (χ2n) is 4.38. The molecule has 4 nitrogen and oxygen atoms in total. The maximum atomic E-state index is 11.4. The van der Waals surface area contributed by atoms with Gasteiger partial charge in [-0.05, 0) is 11.6 Å². The minimum Gasteiger partial charge on any atom is -0.348 e. The van der Waals surface area contributed by atoms with E-state index in [0.717, 1.165) is 16.5 Å². The van der Waals surface area contributed by atoms with Gasteiger partial charge in [0.1, 0.15) is 0 Å². The zero-order valence-electron chi connectivity index (χ0n) is 10.7. The average molecular weight is 243 g/mol. The van der Waals surface area contributed by atoms with Crippen LogP contribution in [-0.2, 0) is 11.3 Å². The molecule has 2 rings (SSSR count). The molecule has 2 aromatic rings. The highest BCUT2D eigenvalue weighted by molar-refractivity contribution is 5.81. The van der Waals surface area contributed by atoms with E-state index in [0.29, 0.717) is 13.1 Å². The molecule has 0 atom stereocenters. The molecule has 0 fully saturated rings. The maximum Gasteiger partial charge on any atom is 0.236 e. The molecule has 0 spiro atoms. The maximum absolute atomic E-state index is 11.4. The fourth-order valence-corrected chi connectivity index (χ4v) is 1.77. The van der Waals surface area contributed by atoms with Gasteiger partial charge in [-0.3, -0.25) is 9.78 Å². The molecule has 0 saturated carbocycles. The van der Waals surface area contributed by atoms with Crippen molar-refractivity contribution < 1.29 is 4.79 Å². The number of fused-ring (bicyclic) bond motifs is 1. The molecule has 94 valence electrons. The number of carbonyl (C=O) groups is 1.